The van der Waals surface area contributed by atoms with E-state index in [-0.39, 0.29) is 0 Å². The summed E-state index contributed by atoms with van der Waals surface area (Å²) in [5.74, 6) is 0.867. The predicted molar refractivity (Wildman–Crippen MR) is 63.4 cm³/mol. The number of allylic oxidation sites excluding steroid dienone is 1. The van der Waals surface area contributed by atoms with Gasteiger partial charge in [-0.2, -0.15) is 0 Å². The molecule has 2 rings (SSSR count). The molecule has 0 saturated carbocycles. The van der Waals surface area contributed by atoms with Crippen LogP contribution < -0.4 is 10.6 Å². The number of guanidine groups is 1. The maximum absolute atomic E-state index is 4.52. The van der Waals surface area contributed by atoms with E-state index in [2.05, 4.69) is 28.3 Å². The van der Waals surface area contributed by atoms with Crippen molar-refractivity contribution >= 4 is 11.6 Å². The molecule has 3 nitrogen and oxygen atoms in total. The second-order valence-corrected chi connectivity index (χ2v) is 3.44. The molecule has 2 N–H and O–H groups in total. The lowest BCUT2D eigenvalue weighted by atomic mass is 10.1. The second kappa shape index (κ2) is 4.64. The molecule has 1 fully saturated rings. The smallest absolute Gasteiger partial charge is 0.196 e. The van der Waals surface area contributed by atoms with Crippen molar-refractivity contribution in [1.29, 1.82) is 0 Å². The van der Waals surface area contributed by atoms with Gasteiger partial charge in [-0.3, -0.25) is 0 Å². The number of benzene rings is 1. The average Bonchev–Trinajstić information content (AvgIpc) is 2.74. The third-order valence-electron chi connectivity index (χ3n) is 2.30. The Bertz CT molecular complexity index is 374. The first-order valence-corrected chi connectivity index (χ1v) is 5.15. The van der Waals surface area contributed by atoms with E-state index in [1.807, 2.05) is 24.3 Å². The molecule has 1 aromatic rings. The van der Waals surface area contributed by atoms with Crippen LogP contribution in [-0.2, 0) is 6.42 Å². The van der Waals surface area contributed by atoms with E-state index in [0.29, 0.717) is 0 Å². The summed E-state index contributed by atoms with van der Waals surface area (Å²) in [5, 5.41) is 6.37. The Morgan fingerprint density at radius 3 is 2.73 bits per heavy atom. The fraction of sp³-hybridized carbons (Fsp3) is 0.250. The van der Waals surface area contributed by atoms with Gasteiger partial charge in [-0.15, -0.1) is 6.58 Å². The van der Waals surface area contributed by atoms with Crippen LogP contribution in [0.4, 0.5) is 5.69 Å². The van der Waals surface area contributed by atoms with Gasteiger partial charge in [-0.25, -0.2) is 4.99 Å². The van der Waals surface area contributed by atoms with E-state index in [0.717, 1.165) is 31.2 Å². The fourth-order valence-electron chi connectivity index (χ4n) is 1.57. The number of hydrogen-bond donors (Lipinski definition) is 2. The van der Waals surface area contributed by atoms with Gasteiger partial charge in [-0.1, -0.05) is 24.3 Å². The van der Waals surface area contributed by atoms with Gasteiger partial charge in [0.05, 0.1) is 5.69 Å². The topological polar surface area (TPSA) is 36.4 Å². The monoisotopic (exact) mass is 201 g/mol. The van der Waals surface area contributed by atoms with Crippen LogP contribution in [-0.4, -0.2) is 19.0 Å². The standard InChI is InChI=1S/C12H15N3/c1-2-5-10-6-3-4-7-11(10)15-12-13-8-9-14-12/h2-4,6-7H,1,5,8-9H2,(H2,13,14,15). The minimum atomic E-state index is 0.854. The zero-order valence-corrected chi connectivity index (χ0v) is 8.66. The third-order valence-corrected chi connectivity index (χ3v) is 2.30. The summed E-state index contributed by atoms with van der Waals surface area (Å²) in [4.78, 5) is 4.52. The molecule has 0 radical (unpaired) electrons. The Hall–Kier alpha value is -1.77. The quantitative estimate of drug-likeness (QED) is 0.729. The van der Waals surface area contributed by atoms with E-state index >= 15 is 0 Å². The molecule has 3 heteroatoms. The van der Waals surface area contributed by atoms with Gasteiger partial charge in [0.2, 0.25) is 0 Å². The van der Waals surface area contributed by atoms with Crippen LogP contribution in [0.25, 0.3) is 0 Å². The van der Waals surface area contributed by atoms with Crippen LogP contribution in [0.1, 0.15) is 5.56 Å². The van der Waals surface area contributed by atoms with E-state index in [4.69, 9.17) is 0 Å². The average molecular weight is 201 g/mol. The highest BCUT2D eigenvalue weighted by Gasteiger charge is 2.06. The number of para-hydroxylation sites is 1. The predicted octanol–water partition coefficient (Wildman–Crippen LogP) is 1.60. The van der Waals surface area contributed by atoms with Crippen LogP contribution in [0.15, 0.2) is 41.9 Å². The summed E-state index contributed by atoms with van der Waals surface area (Å²) in [6.07, 6.45) is 2.75. The van der Waals surface area contributed by atoms with Crippen LogP contribution >= 0.6 is 0 Å². The van der Waals surface area contributed by atoms with Gasteiger partial charge in [0.1, 0.15) is 0 Å². The highest BCUT2D eigenvalue weighted by Crippen LogP contribution is 2.19. The number of nitrogens with one attached hydrogen (secondary N) is 2. The Kier molecular flexibility index (Phi) is 3.02. The van der Waals surface area contributed by atoms with Gasteiger partial charge in [-0.05, 0) is 18.1 Å². The molecule has 1 aromatic carbocycles. The number of rotatable bonds is 3. The first kappa shape index (κ1) is 9.77. The van der Waals surface area contributed by atoms with E-state index in [1.54, 1.807) is 0 Å². The first-order valence-electron chi connectivity index (χ1n) is 5.15. The van der Waals surface area contributed by atoms with Crippen LogP contribution in [0, 0.1) is 0 Å². The van der Waals surface area contributed by atoms with Gasteiger partial charge >= 0.3 is 0 Å². The lowest BCUT2D eigenvalue weighted by Gasteiger charge is -2.04. The molecule has 1 heterocycles. The highest BCUT2D eigenvalue weighted by atomic mass is 15.2. The fourth-order valence-corrected chi connectivity index (χ4v) is 1.57. The van der Waals surface area contributed by atoms with Crippen LogP contribution in [0.3, 0.4) is 0 Å². The third kappa shape index (κ3) is 2.37. The number of nitrogens with zero attached hydrogens (tertiary/aromatic N) is 1. The minimum absolute atomic E-state index is 0.854. The maximum Gasteiger partial charge on any atom is 0.196 e. The summed E-state index contributed by atoms with van der Waals surface area (Å²) in [7, 11) is 0. The summed E-state index contributed by atoms with van der Waals surface area (Å²) in [6, 6.07) is 8.13. The number of aliphatic imine (C=N–C) groups is 1. The van der Waals surface area contributed by atoms with E-state index in [9.17, 15) is 0 Å². The Morgan fingerprint density at radius 2 is 2.00 bits per heavy atom. The van der Waals surface area contributed by atoms with Gasteiger partial charge in [0.25, 0.3) is 0 Å². The molecule has 0 amide bonds. The summed E-state index contributed by atoms with van der Waals surface area (Å²) >= 11 is 0. The molecule has 0 aliphatic carbocycles. The molecular formula is C12H15N3. The van der Waals surface area contributed by atoms with Crippen molar-refractivity contribution in [3.8, 4) is 0 Å². The van der Waals surface area contributed by atoms with Crippen molar-refractivity contribution < 1.29 is 0 Å². The van der Waals surface area contributed by atoms with Gasteiger partial charge < -0.3 is 10.6 Å². The van der Waals surface area contributed by atoms with Crippen molar-refractivity contribution in [2.45, 2.75) is 6.42 Å². The van der Waals surface area contributed by atoms with Crippen molar-refractivity contribution in [2.24, 2.45) is 4.99 Å². The molecule has 0 aromatic heterocycles. The normalized spacial score (nSPS) is 14.3. The zero-order chi connectivity index (χ0) is 10.5. The summed E-state index contributed by atoms with van der Waals surface area (Å²) in [5.41, 5.74) is 2.21. The Labute approximate surface area is 89.9 Å². The summed E-state index contributed by atoms with van der Waals surface area (Å²) in [6.45, 7) is 5.64. The molecule has 15 heavy (non-hydrogen) atoms. The highest BCUT2D eigenvalue weighted by molar-refractivity contribution is 5.84. The van der Waals surface area contributed by atoms with E-state index < -0.39 is 0 Å². The minimum Gasteiger partial charge on any atom is -0.354 e. The largest absolute Gasteiger partial charge is 0.354 e. The molecule has 0 atom stereocenters. The second-order valence-electron chi connectivity index (χ2n) is 3.44. The van der Waals surface area contributed by atoms with Crippen molar-refractivity contribution in [3.63, 3.8) is 0 Å². The number of hydrogen-bond acceptors (Lipinski definition) is 1. The molecule has 0 spiro atoms. The molecule has 1 aliphatic heterocycles. The zero-order valence-electron chi connectivity index (χ0n) is 8.66. The Morgan fingerprint density at radius 1 is 1.27 bits per heavy atom. The molecule has 1 saturated heterocycles. The molecule has 1 aliphatic rings. The lowest BCUT2D eigenvalue weighted by Crippen LogP contribution is -2.23. The van der Waals surface area contributed by atoms with E-state index in [1.165, 1.54) is 5.56 Å². The Balaban J connectivity index is 2.25. The summed E-state index contributed by atoms with van der Waals surface area (Å²) < 4.78 is 0. The van der Waals surface area contributed by atoms with Crippen molar-refractivity contribution in [1.82, 2.24) is 10.6 Å². The molecule has 0 unspecified atom stereocenters. The van der Waals surface area contributed by atoms with Crippen molar-refractivity contribution in [2.75, 3.05) is 13.1 Å². The van der Waals surface area contributed by atoms with Crippen LogP contribution in [0.2, 0.25) is 0 Å². The molecule has 0 bridgehead atoms. The van der Waals surface area contributed by atoms with Crippen molar-refractivity contribution in [3.05, 3.63) is 42.5 Å². The SMILES string of the molecule is C=CCc1ccccc1N=C1NCCN1. The van der Waals surface area contributed by atoms with Crippen LogP contribution in [0.5, 0.6) is 0 Å². The molecule has 78 valence electrons. The maximum atomic E-state index is 4.52. The van der Waals surface area contributed by atoms with Gasteiger partial charge in [0.15, 0.2) is 5.96 Å². The molecular weight excluding hydrogens is 186 g/mol. The first-order chi connectivity index (χ1) is 7.40. The van der Waals surface area contributed by atoms with Gasteiger partial charge in [0, 0.05) is 13.1 Å². The lowest BCUT2D eigenvalue weighted by molar-refractivity contribution is 0.942.